The van der Waals surface area contributed by atoms with Crippen molar-refractivity contribution in [1.82, 2.24) is 4.90 Å². The molecule has 2 aromatic carbocycles. The number of benzene rings is 2. The lowest BCUT2D eigenvalue weighted by molar-refractivity contribution is -0.870. The van der Waals surface area contributed by atoms with Crippen LogP contribution in [0.3, 0.4) is 0 Å². The van der Waals surface area contributed by atoms with Crippen molar-refractivity contribution in [2.24, 2.45) is 32.5 Å². The molecule has 0 saturated carbocycles. The largest absolute Gasteiger partial charge is 1.00 e. The average molecular weight is 1930 g/mol. The highest BCUT2D eigenvalue weighted by molar-refractivity contribution is 9.09. The Morgan fingerprint density at radius 2 is 0.470 bits per heavy atom. The van der Waals surface area contributed by atoms with Crippen LogP contribution in [-0.2, 0) is 146 Å². The van der Waals surface area contributed by atoms with Crippen molar-refractivity contribution in [1.29, 1.82) is 0 Å². The minimum atomic E-state index is -1.83. The third-order valence-corrected chi connectivity index (χ3v) is 16.4. The molecule has 0 aliphatic heterocycles. The van der Waals surface area contributed by atoms with Gasteiger partial charge in [-0.15, -0.1) is 0 Å². The normalized spacial score (nSPS) is 13.8. The van der Waals surface area contributed by atoms with Crippen LogP contribution in [0.15, 0.2) is 60.7 Å². The number of ether oxygens (including phenoxy) is 18. The highest BCUT2D eigenvalue weighted by Crippen LogP contribution is 2.29. The molecule has 4 atom stereocenters. The molecule has 0 aromatic heterocycles. The number of carbonyl (C=O) groups is 14. The SMILES string of the molecule is C.CC(=O)OCC(C)(COC(=O)OCC(C)(COC(=O)OCC(C)(COC(C)=O)C(=O)OCCCBr)C(=O)OCc1ccccc1)C(=O)OCCCBr.CC(=O)OCC(C)(COC(=O)OCC(C)(COC(=O)OCC(C)(COC(C)=O)C(=O)OCCC[N+](C)(C)C)C(=O)OCc1ccccc1)C(=O)OCCC[N+](C)(C)C.CN(C)C.[Br-].[Br-]. The van der Waals surface area contributed by atoms with Gasteiger partial charge in [0.2, 0.25) is 0 Å². The lowest BCUT2D eigenvalue weighted by Crippen LogP contribution is -3.00. The molecule has 0 heterocycles. The second-order valence-corrected chi connectivity index (χ2v) is 32.2. The monoisotopic (exact) mass is 1930 g/mol. The van der Waals surface area contributed by atoms with E-state index in [0.29, 0.717) is 69.5 Å². The van der Waals surface area contributed by atoms with Gasteiger partial charge < -0.3 is 133 Å². The fraction of sp³-hybridized carbons (Fsp3) is 0.667. The molecule has 0 fully saturated rings. The fourth-order valence-corrected chi connectivity index (χ4v) is 8.71. The van der Waals surface area contributed by atoms with Gasteiger partial charge in [0, 0.05) is 51.2 Å². The van der Waals surface area contributed by atoms with Crippen LogP contribution >= 0.6 is 31.9 Å². The molecule has 0 radical (unpaired) electrons. The Hall–Kier alpha value is -7.98. The second kappa shape index (κ2) is 58.8. The van der Waals surface area contributed by atoms with Crippen molar-refractivity contribution >= 4 is 116 Å². The van der Waals surface area contributed by atoms with E-state index in [-0.39, 0.29) is 81.0 Å². The van der Waals surface area contributed by atoms with Crippen LogP contribution in [0.1, 0.15) is 113 Å². The Kier molecular flexibility index (Phi) is 58.0. The average Bonchev–Trinajstić information content (AvgIpc) is 0.851. The van der Waals surface area contributed by atoms with E-state index in [1.807, 2.05) is 68.3 Å². The van der Waals surface area contributed by atoms with E-state index < -0.39 is 196 Å². The second-order valence-electron chi connectivity index (χ2n) is 30.6. The predicted octanol–water partition coefficient (Wildman–Crippen LogP) is 3.12. The standard InChI is InChI=1S/C40H64N2O16.C34H46Br2O16.C3H9N.CH4.2BrH/c1-30(43)53-24-38(3,33(45)50-21-15-19-41(6,7)8)26-55-36(48)57-28-40(5,35(47)52-23-32-17-13-12-14-18-32)29-58-37(49)56-27-39(4,25-54-31(2)44)34(46)51-22-16-20-42(9,10)11;1-24(37)47-18-32(3,27(39)44-15-9-13-35)20-49-30(42)51-22-34(5,29(41)46-17-26-11-7-6-8-12-26)23-52-31(43)50-21-33(4,19-48-25(2)38)28(40)45-16-10-14-36;1-4(2)3;;;/h12-14,17-18H,15-16,19-29H2,1-11H3;6-8,11-12H,9-10,13-23H2,1-5H3;1-3H3;1H4;2*1H/q+2;;;;;/p-2. The minimum absolute atomic E-state index is 0. The maximum Gasteiger partial charge on any atom is 0.508 e. The summed E-state index contributed by atoms with van der Waals surface area (Å²) in [5, 5.41) is 1.14. The summed E-state index contributed by atoms with van der Waals surface area (Å²) in [6, 6.07) is 17.4. The number of quaternary nitrogens is 2. The number of hydrogen-bond donors (Lipinski definition) is 0. The molecule has 2 rings (SSSR count). The number of esters is 10. The van der Waals surface area contributed by atoms with Gasteiger partial charge in [-0.05, 0) is 86.7 Å². The number of rotatable bonds is 48. The Bertz CT molecular complexity index is 3210. The van der Waals surface area contributed by atoms with Crippen LogP contribution in [0.25, 0.3) is 0 Å². The van der Waals surface area contributed by atoms with Crippen molar-refractivity contribution < 1.29 is 195 Å². The highest BCUT2D eigenvalue weighted by atomic mass is 79.9. The molecule has 670 valence electrons. The first kappa shape index (κ1) is 115. The molecule has 0 saturated heterocycles. The maximum atomic E-state index is 13.4. The lowest BCUT2D eigenvalue weighted by atomic mass is 9.93. The van der Waals surface area contributed by atoms with Gasteiger partial charge in [-0.2, -0.15) is 0 Å². The van der Waals surface area contributed by atoms with Gasteiger partial charge in [-0.1, -0.05) is 100.0 Å². The van der Waals surface area contributed by atoms with Crippen molar-refractivity contribution in [3.05, 3.63) is 71.8 Å². The van der Waals surface area contributed by atoms with Crippen LogP contribution in [0, 0.1) is 32.5 Å². The molecule has 4 unspecified atom stereocenters. The van der Waals surface area contributed by atoms with Gasteiger partial charge in [-0.3, -0.25) is 47.9 Å². The van der Waals surface area contributed by atoms with E-state index in [1.54, 1.807) is 60.7 Å². The summed E-state index contributed by atoms with van der Waals surface area (Å²) in [6.07, 6.45) is -3.13. The van der Waals surface area contributed by atoms with E-state index in [2.05, 4.69) is 31.9 Å². The maximum absolute atomic E-state index is 13.4. The summed E-state index contributed by atoms with van der Waals surface area (Å²) in [6.45, 7) is 6.84. The van der Waals surface area contributed by atoms with Crippen molar-refractivity contribution in [2.75, 3.05) is 193 Å². The van der Waals surface area contributed by atoms with Crippen LogP contribution in [-0.4, -0.2) is 291 Å². The summed E-state index contributed by atoms with van der Waals surface area (Å²) in [5.74, 6) is -7.69. The summed E-state index contributed by atoms with van der Waals surface area (Å²) in [5.41, 5.74) is -8.75. The molecule has 0 spiro atoms. The first-order valence-electron chi connectivity index (χ1n) is 36.2. The molecule has 0 aliphatic carbocycles. The quantitative estimate of drug-likeness (QED) is 0.0302. The summed E-state index contributed by atoms with van der Waals surface area (Å²) < 4.78 is 95.1. The Morgan fingerprint density at radius 3 is 0.641 bits per heavy atom. The number of halogens is 4. The first-order valence-corrected chi connectivity index (χ1v) is 38.4. The molecule has 2 aromatic rings. The van der Waals surface area contributed by atoms with Crippen molar-refractivity contribution in [3.63, 3.8) is 0 Å². The predicted molar refractivity (Wildman–Crippen MR) is 419 cm³/mol. The number of carbonyl (C=O) groups excluding carboxylic acids is 14. The summed E-state index contributed by atoms with van der Waals surface area (Å²) in [4.78, 5) is 177. The molecular formula is C78H123Br4N3O32. The molecule has 0 amide bonds. The van der Waals surface area contributed by atoms with E-state index in [9.17, 15) is 67.1 Å². The minimum Gasteiger partial charge on any atom is -1.00 e. The number of alkyl halides is 2. The molecule has 0 aliphatic rings. The Balaban J connectivity index is -0.00000102. The third-order valence-electron chi connectivity index (χ3n) is 15.3. The van der Waals surface area contributed by atoms with Crippen LogP contribution in [0.5, 0.6) is 0 Å². The van der Waals surface area contributed by atoms with Gasteiger partial charge in [-0.25, -0.2) is 19.2 Å². The van der Waals surface area contributed by atoms with Gasteiger partial charge in [0.25, 0.3) is 0 Å². The Labute approximate surface area is 724 Å². The first-order chi connectivity index (χ1) is 53.0. The molecule has 117 heavy (non-hydrogen) atoms. The van der Waals surface area contributed by atoms with Crippen molar-refractivity contribution in [2.45, 2.75) is 116 Å². The highest BCUT2D eigenvalue weighted by Gasteiger charge is 2.46. The molecule has 0 bridgehead atoms. The van der Waals surface area contributed by atoms with Crippen LogP contribution < -0.4 is 34.0 Å². The smallest absolute Gasteiger partial charge is 0.508 e. The van der Waals surface area contributed by atoms with E-state index in [1.165, 1.54) is 41.5 Å². The zero-order valence-electron chi connectivity index (χ0n) is 70.1. The molecule has 35 nitrogen and oxygen atoms in total. The van der Waals surface area contributed by atoms with Crippen LogP contribution in [0.4, 0.5) is 19.2 Å². The number of nitrogens with zero attached hydrogens (tertiary/aromatic N) is 3. The van der Waals surface area contributed by atoms with Gasteiger partial charge >= 0.3 is 84.3 Å². The zero-order valence-corrected chi connectivity index (χ0v) is 76.4. The van der Waals surface area contributed by atoms with Gasteiger partial charge in [0.05, 0.1) is 81.8 Å². The lowest BCUT2D eigenvalue weighted by Gasteiger charge is -2.29. The van der Waals surface area contributed by atoms with Crippen LogP contribution in [0.2, 0.25) is 0 Å². The summed E-state index contributed by atoms with van der Waals surface area (Å²) >= 11 is 6.45. The van der Waals surface area contributed by atoms with E-state index >= 15 is 0 Å². The Morgan fingerprint density at radius 1 is 0.299 bits per heavy atom. The van der Waals surface area contributed by atoms with Gasteiger partial charge in [0.1, 0.15) is 125 Å². The van der Waals surface area contributed by atoms with Gasteiger partial charge in [0.15, 0.2) is 0 Å². The third kappa shape index (κ3) is 52.5. The fourth-order valence-electron chi connectivity index (χ4n) is 8.25. The number of hydrogen-bond acceptors (Lipinski definition) is 33. The molecule has 39 heteroatoms. The molecule has 0 N–H and O–H groups in total. The topological polar surface area (TPSA) is 408 Å². The van der Waals surface area contributed by atoms with E-state index in [4.69, 9.17) is 85.3 Å². The molecular weight excluding hydrogens is 1810 g/mol. The van der Waals surface area contributed by atoms with Crippen molar-refractivity contribution in [3.8, 4) is 0 Å². The summed E-state index contributed by atoms with van der Waals surface area (Å²) in [7, 11) is 17.9. The van der Waals surface area contributed by atoms with E-state index in [0.717, 1.165) is 27.7 Å². The zero-order chi connectivity index (χ0) is 87.0.